The molecule has 61 heavy (non-hydrogen) atoms. The molecule has 0 bridgehead atoms. The van der Waals surface area contributed by atoms with E-state index in [2.05, 4.69) is 169 Å². The third-order valence-electron chi connectivity index (χ3n) is 13.9. The van der Waals surface area contributed by atoms with Crippen molar-refractivity contribution in [3.05, 3.63) is 198 Å². The van der Waals surface area contributed by atoms with Gasteiger partial charge in [0.05, 0.1) is 0 Å². The van der Waals surface area contributed by atoms with Crippen molar-refractivity contribution in [3.63, 3.8) is 0 Å². The molecule has 0 aliphatic rings. The van der Waals surface area contributed by atoms with Crippen molar-refractivity contribution in [1.29, 1.82) is 0 Å². The molecule has 4 aromatic carbocycles. The van der Waals surface area contributed by atoms with Crippen molar-refractivity contribution in [2.45, 2.75) is 116 Å². The second-order valence-electron chi connectivity index (χ2n) is 16.8. The van der Waals surface area contributed by atoms with Gasteiger partial charge in [0, 0.05) is 34.8 Å². The molecule has 7 aromatic rings. The molecule has 0 atom stereocenters. The molecular weight excluding hydrogens is 919 g/mol. The number of rotatable bonds is 18. The molecule has 7 rings (SSSR count). The standard InChI is InChI=1S/C57H60N3.Ir/c1-7-55(8-2,49-28-31-52(58-40-49)46-22-16-13-17-23-46)37-43-34-44(38-56(9-3,10-4)50-29-32-53(59-41-50)47-24-18-14-19-25-47)36-45(35-43)39-57(11-5,12-6)51-30-33-54(60-42-51)48-26-20-15-21-27-48;/h13-22,24,26,28-36,40-42H,7-12,37-39H2,1-6H3;/q-3;+3. The summed E-state index contributed by atoms with van der Waals surface area (Å²) in [5, 5.41) is 0. The maximum absolute atomic E-state index is 5.00. The molecule has 3 heterocycles. The molecule has 312 valence electrons. The maximum atomic E-state index is 5.00. The van der Waals surface area contributed by atoms with Crippen LogP contribution >= 0.6 is 0 Å². The van der Waals surface area contributed by atoms with E-state index >= 15 is 0 Å². The average Bonchev–Trinajstić information content (AvgIpc) is 3.33. The predicted octanol–water partition coefficient (Wildman–Crippen LogP) is 14.2. The Bertz CT molecular complexity index is 2090. The van der Waals surface area contributed by atoms with Crippen molar-refractivity contribution in [2.24, 2.45) is 0 Å². The van der Waals surface area contributed by atoms with E-state index in [1.165, 1.54) is 33.4 Å². The Labute approximate surface area is 379 Å². The van der Waals surface area contributed by atoms with E-state index in [-0.39, 0.29) is 36.4 Å². The fourth-order valence-corrected chi connectivity index (χ4v) is 9.61. The van der Waals surface area contributed by atoms with Gasteiger partial charge in [-0.15, -0.1) is 108 Å². The summed E-state index contributed by atoms with van der Waals surface area (Å²) >= 11 is 0. The van der Waals surface area contributed by atoms with Crippen LogP contribution < -0.4 is 0 Å². The van der Waals surface area contributed by atoms with Gasteiger partial charge in [-0.25, -0.2) is 0 Å². The van der Waals surface area contributed by atoms with Crippen LogP contribution in [0.5, 0.6) is 0 Å². The first kappa shape index (κ1) is 45.5. The number of hydrogen-bond acceptors (Lipinski definition) is 3. The Balaban J connectivity index is 0.00000622. The first-order valence-electron chi connectivity index (χ1n) is 22.2. The summed E-state index contributed by atoms with van der Waals surface area (Å²) in [6.45, 7) is 14.1. The molecule has 0 aliphatic carbocycles. The van der Waals surface area contributed by atoms with E-state index in [4.69, 9.17) is 15.0 Å². The Hall–Kier alpha value is -5.02. The van der Waals surface area contributed by atoms with Gasteiger partial charge in [0.15, 0.2) is 0 Å². The fourth-order valence-electron chi connectivity index (χ4n) is 9.61. The van der Waals surface area contributed by atoms with Gasteiger partial charge in [0.1, 0.15) is 0 Å². The van der Waals surface area contributed by atoms with Gasteiger partial charge in [0.25, 0.3) is 0 Å². The SMILES string of the molecule is CCC(CC)(Cc1cc(CC(CC)(CC)c2ccc(-c3[c-]cccc3)nc2)cc(CC(CC)(CC)c2ccc(-c3[c-]cccc3)nc2)c1)c1ccc(-c2[c-]cccc2)nc1.[Ir+3]. The molecule has 0 saturated carbocycles. The second-order valence-corrected chi connectivity index (χ2v) is 16.8. The Morgan fingerprint density at radius 1 is 0.377 bits per heavy atom. The van der Waals surface area contributed by atoms with Crippen molar-refractivity contribution in [2.75, 3.05) is 0 Å². The first-order valence-corrected chi connectivity index (χ1v) is 22.2. The molecule has 3 aromatic heterocycles. The van der Waals surface area contributed by atoms with E-state index in [0.717, 1.165) is 91.6 Å². The number of benzene rings is 4. The number of hydrogen-bond donors (Lipinski definition) is 0. The van der Waals surface area contributed by atoms with Crippen LogP contribution in [0, 0.1) is 18.2 Å². The van der Waals surface area contributed by atoms with Gasteiger partial charge in [-0.3, -0.25) is 0 Å². The summed E-state index contributed by atoms with van der Waals surface area (Å²) in [7, 11) is 0. The van der Waals surface area contributed by atoms with Crippen molar-refractivity contribution in [1.82, 2.24) is 15.0 Å². The monoisotopic (exact) mass is 979 g/mol. The smallest absolute Gasteiger partial charge is 0.304 e. The molecule has 0 amide bonds. The van der Waals surface area contributed by atoms with Crippen LogP contribution in [0.25, 0.3) is 33.8 Å². The van der Waals surface area contributed by atoms with Crippen LogP contribution in [-0.2, 0) is 55.6 Å². The van der Waals surface area contributed by atoms with E-state index in [1.807, 2.05) is 36.4 Å². The molecule has 0 saturated heterocycles. The van der Waals surface area contributed by atoms with Crippen LogP contribution in [-0.4, -0.2) is 15.0 Å². The van der Waals surface area contributed by atoms with Crippen molar-refractivity contribution < 1.29 is 20.1 Å². The summed E-state index contributed by atoms with van der Waals surface area (Å²) in [5.74, 6) is 0. The molecule has 3 nitrogen and oxygen atoms in total. The largest absolute Gasteiger partial charge is 3.00 e. The summed E-state index contributed by atoms with van der Waals surface area (Å²) in [6.07, 6.45) is 15.4. The third-order valence-corrected chi connectivity index (χ3v) is 13.9. The Morgan fingerprint density at radius 3 is 0.852 bits per heavy atom. The van der Waals surface area contributed by atoms with Gasteiger partial charge < -0.3 is 15.0 Å². The number of pyridine rings is 3. The molecule has 0 aliphatic heterocycles. The predicted molar refractivity (Wildman–Crippen MR) is 250 cm³/mol. The van der Waals surface area contributed by atoms with Crippen molar-refractivity contribution >= 4 is 0 Å². The summed E-state index contributed by atoms with van der Waals surface area (Å²) < 4.78 is 0. The van der Waals surface area contributed by atoms with Crippen LogP contribution in [0.2, 0.25) is 0 Å². The van der Waals surface area contributed by atoms with E-state index in [9.17, 15) is 0 Å². The Morgan fingerprint density at radius 2 is 0.656 bits per heavy atom. The number of nitrogens with zero attached hydrogens (tertiary/aromatic N) is 3. The van der Waals surface area contributed by atoms with Gasteiger partial charge in [-0.05, 0) is 108 Å². The van der Waals surface area contributed by atoms with Gasteiger partial charge in [0.2, 0.25) is 0 Å². The van der Waals surface area contributed by atoms with Gasteiger partial charge in [-0.1, -0.05) is 96.1 Å². The zero-order chi connectivity index (χ0) is 42.0. The molecule has 0 unspecified atom stereocenters. The third kappa shape index (κ3) is 10.0. The van der Waals surface area contributed by atoms with E-state index < -0.39 is 0 Å². The van der Waals surface area contributed by atoms with Gasteiger partial charge >= 0.3 is 20.1 Å². The molecule has 0 spiro atoms. The van der Waals surface area contributed by atoms with E-state index in [1.54, 1.807) is 0 Å². The topological polar surface area (TPSA) is 38.7 Å². The first-order chi connectivity index (χ1) is 29.3. The Kier molecular flexibility index (Phi) is 15.4. The summed E-state index contributed by atoms with van der Waals surface area (Å²) in [4.78, 5) is 15.0. The van der Waals surface area contributed by atoms with Crippen LogP contribution in [0.4, 0.5) is 0 Å². The van der Waals surface area contributed by atoms with E-state index in [0.29, 0.717) is 0 Å². The molecule has 0 radical (unpaired) electrons. The van der Waals surface area contributed by atoms with Crippen LogP contribution in [0.15, 0.2) is 146 Å². The molecule has 0 N–H and O–H groups in total. The quantitative estimate of drug-likeness (QED) is 0.0804. The minimum absolute atomic E-state index is 0. The molecule has 4 heteroatoms. The summed E-state index contributed by atoms with van der Waals surface area (Å²) in [6, 6.07) is 55.4. The maximum Gasteiger partial charge on any atom is 3.00 e. The average molecular weight is 979 g/mol. The second kappa shape index (κ2) is 20.7. The minimum Gasteiger partial charge on any atom is -0.304 e. The fraction of sp³-hybridized carbons (Fsp3) is 0.316. The molecule has 0 fully saturated rings. The zero-order valence-corrected chi connectivity index (χ0v) is 39.3. The van der Waals surface area contributed by atoms with Crippen LogP contribution in [0.1, 0.15) is 113 Å². The molecular formula is C57H60IrN3. The zero-order valence-electron chi connectivity index (χ0n) is 36.9. The van der Waals surface area contributed by atoms with Crippen LogP contribution in [0.3, 0.4) is 0 Å². The summed E-state index contributed by atoms with van der Waals surface area (Å²) in [5.41, 5.74) is 13.9. The normalized spacial score (nSPS) is 11.9. The van der Waals surface area contributed by atoms with Crippen molar-refractivity contribution in [3.8, 4) is 33.8 Å². The number of aromatic nitrogens is 3. The van der Waals surface area contributed by atoms with Gasteiger partial charge in [-0.2, -0.15) is 0 Å². The minimum atomic E-state index is -0.0521.